The molecule has 0 radical (unpaired) electrons. The first kappa shape index (κ1) is 27.2. The molecule has 0 atom stereocenters. The van der Waals surface area contributed by atoms with E-state index in [-0.39, 0.29) is 24.5 Å². The average molecular weight is 524 g/mol. The van der Waals surface area contributed by atoms with Crippen LogP contribution in [0.25, 0.3) is 0 Å². The third-order valence-electron chi connectivity index (χ3n) is 7.13. The largest absolute Gasteiger partial charge is 0.490 e. The number of carbonyl (C=O) groups excluding carboxylic acids is 2. The maximum Gasteiger partial charge on any atom is 0.341 e. The molecule has 1 aromatic carbocycles. The van der Waals surface area contributed by atoms with E-state index in [1.807, 2.05) is 11.0 Å². The lowest BCUT2D eigenvalue weighted by atomic mass is 9.70. The molecule has 0 spiro atoms. The summed E-state index contributed by atoms with van der Waals surface area (Å²) < 4.78 is 11.5. The lowest BCUT2D eigenvalue weighted by molar-refractivity contribution is -0.139. The molecule has 9 nitrogen and oxygen atoms in total. The Kier molecular flexibility index (Phi) is 8.34. The lowest BCUT2D eigenvalue weighted by Gasteiger charge is -2.44. The number of aliphatic carboxylic acids is 2. The van der Waals surface area contributed by atoms with Gasteiger partial charge in [-0.3, -0.25) is 14.4 Å². The van der Waals surface area contributed by atoms with E-state index in [1.165, 1.54) is 0 Å². The molecule has 0 saturated heterocycles. The molecule has 0 fully saturated rings. The van der Waals surface area contributed by atoms with Crippen molar-refractivity contribution in [3.8, 4) is 11.5 Å². The van der Waals surface area contributed by atoms with E-state index in [0.29, 0.717) is 85.3 Å². The summed E-state index contributed by atoms with van der Waals surface area (Å²) in [5.41, 5.74) is 4.03. The fourth-order valence-corrected chi connectivity index (χ4v) is 5.74. The van der Waals surface area contributed by atoms with E-state index >= 15 is 0 Å². The minimum Gasteiger partial charge on any atom is -0.490 e. The van der Waals surface area contributed by atoms with E-state index in [0.717, 1.165) is 11.4 Å². The van der Waals surface area contributed by atoms with Crippen LogP contribution in [-0.4, -0.2) is 58.4 Å². The van der Waals surface area contributed by atoms with Gasteiger partial charge in [0, 0.05) is 53.4 Å². The van der Waals surface area contributed by atoms with Gasteiger partial charge in [0.2, 0.25) is 0 Å². The van der Waals surface area contributed by atoms with Gasteiger partial charge in [-0.05, 0) is 50.7 Å². The summed E-state index contributed by atoms with van der Waals surface area (Å²) in [6, 6.07) is 3.59. The normalized spacial score (nSPS) is 17.8. The van der Waals surface area contributed by atoms with Crippen molar-refractivity contribution < 1.29 is 38.9 Å². The number of carboxylic acid groups (broad SMARTS) is 2. The molecule has 3 aliphatic rings. The van der Waals surface area contributed by atoms with Gasteiger partial charge in [0.15, 0.2) is 29.7 Å². The van der Waals surface area contributed by atoms with Gasteiger partial charge in [-0.1, -0.05) is 12.1 Å². The second-order valence-corrected chi connectivity index (χ2v) is 9.62. The standard InChI is InChI=1S/C29H33NO8/c1-3-7-17-14-18(15-23(37-4-2)29(17)38-16-25(35)36)26-27-19(8-5-10-21(27)31)30(13-12-24(33)34)20-9-6-11-22(32)28(20)26/h3,14-15,26H,1,4-13,16H2,2H3,(H,33,34)(H,35,36). The number of carboxylic acids is 2. The summed E-state index contributed by atoms with van der Waals surface area (Å²) in [7, 11) is 0. The highest BCUT2D eigenvalue weighted by atomic mass is 16.5. The van der Waals surface area contributed by atoms with Gasteiger partial charge in [0.05, 0.1) is 13.0 Å². The minimum absolute atomic E-state index is 0.0454. The first-order valence-corrected chi connectivity index (χ1v) is 13.0. The number of nitrogens with zero attached hydrogens (tertiary/aromatic N) is 1. The van der Waals surface area contributed by atoms with E-state index in [1.54, 1.807) is 19.1 Å². The minimum atomic E-state index is -1.12. The zero-order valence-electron chi connectivity index (χ0n) is 21.6. The van der Waals surface area contributed by atoms with E-state index in [4.69, 9.17) is 9.47 Å². The van der Waals surface area contributed by atoms with Crippen molar-refractivity contribution in [1.29, 1.82) is 0 Å². The number of ketones is 2. The number of ether oxygens (including phenoxy) is 2. The smallest absolute Gasteiger partial charge is 0.341 e. The summed E-state index contributed by atoms with van der Waals surface area (Å²) in [5, 5.41) is 18.6. The van der Waals surface area contributed by atoms with Crippen LogP contribution in [0.3, 0.4) is 0 Å². The number of rotatable bonds is 11. The van der Waals surface area contributed by atoms with Crippen molar-refractivity contribution in [2.24, 2.45) is 0 Å². The van der Waals surface area contributed by atoms with Gasteiger partial charge in [0.25, 0.3) is 0 Å². The number of carbonyl (C=O) groups is 4. The van der Waals surface area contributed by atoms with Crippen LogP contribution in [0.5, 0.6) is 11.5 Å². The molecule has 1 aliphatic heterocycles. The van der Waals surface area contributed by atoms with Crippen molar-refractivity contribution in [2.45, 2.75) is 64.2 Å². The molecule has 1 heterocycles. The number of hydrogen-bond acceptors (Lipinski definition) is 7. The zero-order chi connectivity index (χ0) is 27.4. The van der Waals surface area contributed by atoms with Gasteiger partial charge in [-0.2, -0.15) is 0 Å². The average Bonchev–Trinajstić information content (AvgIpc) is 2.86. The summed E-state index contributed by atoms with van der Waals surface area (Å²) in [4.78, 5) is 51.5. The Morgan fingerprint density at radius 3 is 2.16 bits per heavy atom. The summed E-state index contributed by atoms with van der Waals surface area (Å²) in [6.07, 6.45) is 5.22. The van der Waals surface area contributed by atoms with Crippen LogP contribution < -0.4 is 9.47 Å². The first-order valence-electron chi connectivity index (χ1n) is 13.0. The highest BCUT2D eigenvalue weighted by Gasteiger charge is 2.43. The molecule has 9 heteroatoms. The lowest BCUT2D eigenvalue weighted by Crippen LogP contribution is -2.40. The van der Waals surface area contributed by atoms with E-state index < -0.39 is 24.5 Å². The third kappa shape index (κ3) is 5.37. The summed E-state index contributed by atoms with van der Waals surface area (Å²) >= 11 is 0. The maximum absolute atomic E-state index is 13.5. The van der Waals surface area contributed by atoms with Gasteiger partial charge in [0.1, 0.15) is 0 Å². The second kappa shape index (κ2) is 11.7. The fraction of sp³-hybridized carbons (Fsp3) is 0.448. The number of benzene rings is 1. The Labute approximate surface area is 221 Å². The molecule has 0 aromatic heterocycles. The predicted octanol–water partition coefficient (Wildman–Crippen LogP) is 4.17. The molecule has 0 amide bonds. The molecule has 1 aromatic rings. The van der Waals surface area contributed by atoms with Crippen LogP contribution in [0.4, 0.5) is 0 Å². The number of hydrogen-bond donors (Lipinski definition) is 2. The van der Waals surface area contributed by atoms with E-state index in [9.17, 15) is 29.4 Å². The monoisotopic (exact) mass is 523 g/mol. The first-order chi connectivity index (χ1) is 18.3. The SMILES string of the molecule is C=CCc1cc(C2C3=C(CCCC3=O)N(CCC(=O)O)C3=C2C(=O)CCC3)cc(OCC)c1OCC(=O)O. The van der Waals surface area contributed by atoms with Gasteiger partial charge in [-0.25, -0.2) is 4.79 Å². The van der Waals surface area contributed by atoms with Crippen molar-refractivity contribution in [3.05, 3.63) is 58.5 Å². The molecule has 4 rings (SSSR count). The number of allylic oxidation sites excluding steroid dienone is 5. The maximum atomic E-state index is 13.5. The van der Waals surface area contributed by atoms with Crippen LogP contribution in [0.1, 0.15) is 68.9 Å². The van der Waals surface area contributed by atoms with Gasteiger partial charge in [-0.15, -0.1) is 6.58 Å². The Balaban J connectivity index is 1.94. The Bertz CT molecular complexity index is 1200. The predicted molar refractivity (Wildman–Crippen MR) is 138 cm³/mol. The summed E-state index contributed by atoms with van der Waals surface area (Å²) in [6.45, 7) is 5.57. The van der Waals surface area contributed by atoms with Crippen LogP contribution in [-0.2, 0) is 25.6 Å². The van der Waals surface area contributed by atoms with Crippen molar-refractivity contribution >= 4 is 23.5 Å². The fourth-order valence-electron chi connectivity index (χ4n) is 5.74. The van der Waals surface area contributed by atoms with Crippen LogP contribution in [0.15, 0.2) is 47.3 Å². The van der Waals surface area contributed by atoms with Crippen molar-refractivity contribution in [1.82, 2.24) is 4.90 Å². The molecule has 2 aliphatic carbocycles. The highest BCUT2D eigenvalue weighted by molar-refractivity contribution is 6.06. The molecule has 0 bridgehead atoms. The highest BCUT2D eigenvalue weighted by Crippen LogP contribution is 2.50. The van der Waals surface area contributed by atoms with Gasteiger partial charge < -0.3 is 24.6 Å². The molecular weight excluding hydrogens is 490 g/mol. The van der Waals surface area contributed by atoms with Crippen molar-refractivity contribution in [2.75, 3.05) is 19.8 Å². The zero-order valence-corrected chi connectivity index (χ0v) is 21.6. The molecule has 0 unspecified atom stereocenters. The second-order valence-electron chi connectivity index (χ2n) is 9.62. The summed E-state index contributed by atoms with van der Waals surface area (Å²) in [5.74, 6) is -2.13. The molecule has 0 saturated carbocycles. The van der Waals surface area contributed by atoms with Gasteiger partial charge >= 0.3 is 11.9 Å². The van der Waals surface area contributed by atoms with Crippen LogP contribution in [0.2, 0.25) is 0 Å². The van der Waals surface area contributed by atoms with E-state index in [2.05, 4.69) is 6.58 Å². The molecule has 202 valence electrons. The quantitative estimate of drug-likeness (QED) is 0.410. The third-order valence-corrected chi connectivity index (χ3v) is 7.13. The Morgan fingerprint density at radius 1 is 1.00 bits per heavy atom. The Hall–Kier alpha value is -3.88. The molecule has 38 heavy (non-hydrogen) atoms. The molecular formula is C29H33NO8. The van der Waals surface area contributed by atoms with Crippen LogP contribution in [0, 0.1) is 0 Å². The topological polar surface area (TPSA) is 130 Å². The molecule has 2 N–H and O–H groups in total. The number of Topliss-reactive ketones (excluding diaryl/α,β-unsaturated/α-hetero) is 2. The van der Waals surface area contributed by atoms with Crippen molar-refractivity contribution in [3.63, 3.8) is 0 Å². The Morgan fingerprint density at radius 2 is 1.63 bits per heavy atom. The van der Waals surface area contributed by atoms with Crippen LogP contribution >= 0.6 is 0 Å².